The molecule has 104 valence electrons. The lowest BCUT2D eigenvalue weighted by atomic mass is 9.89. The molecular formula is C12H21NO4S. The first kappa shape index (κ1) is 13.8. The Labute approximate surface area is 108 Å². The van der Waals surface area contributed by atoms with E-state index in [9.17, 15) is 13.2 Å². The Morgan fingerprint density at radius 2 is 2.06 bits per heavy atom. The van der Waals surface area contributed by atoms with E-state index in [2.05, 4.69) is 4.90 Å². The number of aliphatic carboxylic acids is 1. The SMILES string of the molecule is CCCS(=O)(=O)CCN1C2CCC1C(C(=O)O)C2. The van der Waals surface area contributed by atoms with Crippen LogP contribution in [0.2, 0.25) is 0 Å². The average Bonchev–Trinajstić information content (AvgIpc) is 2.83. The van der Waals surface area contributed by atoms with Crippen molar-refractivity contribution in [3.63, 3.8) is 0 Å². The van der Waals surface area contributed by atoms with Crippen molar-refractivity contribution in [3.8, 4) is 0 Å². The molecule has 2 saturated heterocycles. The molecular weight excluding hydrogens is 254 g/mol. The van der Waals surface area contributed by atoms with Gasteiger partial charge in [-0.3, -0.25) is 9.69 Å². The van der Waals surface area contributed by atoms with Gasteiger partial charge in [-0.25, -0.2) is 8.42 Å². The molecule has 2 aliphatic heterocycles. The van der Waals surface area contributed by atoms with E-state index in [-0.39, 0.29) is 29.5 Å². The zero-order valence-corrected chi connectivity index (χ0v) is 11.5. The monoisotopic (exact) mass is 275 g/mol. The topological polar surface area (TPSA) is 74.7 Å². The fourth-order valence-corrected chi connectivity index (χ4v) is 4.69. The first-order valence-electron chi connectivity index (χ1n) is 6.63. The van der Waals surface area contributed by atoms with Crippen LogP contribution in [0.4, 0.5) is 0 Å². The summed E-state index contributed by atoms with van der Waals surface area (Å²) in [5.74, 6) is -0.625. The van der Waals surface area contributed by atoms with Crippen molar-refractivity contribution in [2.75, 3.05) is 18.1 Å². The minimum atomic E-state index is -2.97. The smallest absolute Gasteiger partial charge is 0.308 e. The third-order valence-electron chi connectivity index (χ3n) is 4.17. The summed E-state index contributed by atoms with van der Waals surface area (Å²) in [4.78, 5) is 13.2. The van der Waals surface area contributed by atoms with Gasteiger partial charge in [-0.1, -0.05) is 6.92 Å². The van der Waals surface area contributed by atoms with Crippen molar-refractivity contribution in [3.05, 3.63) is 0 Å². The third-order valence-corrected chi connectivity index (χ3v) is 6.01. The maximum absolute atomic E-state index is 11.7. The van der Waals surface area contributed by atoms with Gasteiger partial charge in [-0.05, 0) is 25.7 Å². The van der Waals surface area contributed by atoms with Crippen molar-refractivity contribution in [2.24, 2.45) is 5.92 Å². The van der Waals surface area contributed by atoms with Gasteiger partial charge in [0.05, 0.1) is 11.7 Å². The highest BCUT2D eigenvalue weighted by Crippen LogP contribution is 2.41. The number of fused-ring (bicyclic) bond motifs is 2. The molecule has 0 radical (unpaired) electrons. The zero-order chi connectivity index (χ0) is 13.3. The van der Waals surface area contributed by atoms with Crippen LogP contribution in [0.3, 0.4) is 0 Å². The maximum atomic E-state index is 11.7. The molecule has 0 aliphatic carbocycles. The molecule has 2 aliphatic rings. The van der Waals surface area contributed by atoms with Crippen LogP contribution in [0.15, 0.2) is 0 Å². The third kappa shape index (κ3) is 2.69. The Balaban J connectivity index is 1.94. The fourth-order valence-electron chi connectivity index (χ4n) is 3.37. The maximum Gasteiger partial charge on any atom is 0.308 e. The van der Waals surface area contributed by atoms with Crippen molar-refractivity contribution in [1.82, 2.24) is 4.90 Å². The number of nitrogens with zero attached hydrogens (tertiary/aromatic N) is 1. The van der Waals surface area contributed by atoms with E-state index in [4.69, 9.17) is 5.11 Å². The largest absolute Gasteiger partial charge is 0.481 e. The number of carboxylic acids is 1. The molecule has 0 saturated carbocycles. The Morgan fingerprint density at radius 3 is 2.61 bits per heavy atom. The minimum absolute atomic E-state index is 0.0596. The number of hydrogen-bond acceptors (Lipinski definition) is 4. The lowest BCUT2D eigenvalue weighted by Crippen LogP contribution is -2.36. The van der Waals surface area contributed by atoms with Crippen molar-refractivity contribution >= 4 is 15.8 Å². The number of sulfone groups is 1. The molecule has 2 rings (SSSR count). The van der Waals surface area contributed by atoms with Gasteiger partial charge in [0, 0.05) is 24.4 Å². The second-order valence-electron chi connectivity index (χ2n) is 5.37. The molecule has 1 N–H and O–H groups in total. The molecule has 18 heavy (non-hydrogen) atoms. The van der Waals surface area contributed by atoms with E-state index in [0.29, 0.717) is 19.4 Å². The molecule has 3 atom stereocenters. The summed E-state index contributed by atoms with van der Waals surface area (Å²) in [6.07, 6.45) is 3.25. The van der Waals surface area contributed by atoms with E-state index in [0.717, 1.165) is 12.8 Å². The highest BCUT2D eigenvalue weighted by molar-refractivity contribution is 7.91. The predicted octanol–water partition coefficient (Wildman–Crippen LogP) is 0.749. The van der Waals surface area contributed by atoms with Gasteiger partial charge in [0.25, 0.3) is 0 Å². The molecule has 2 heterocycles. The van der Waals surface area contributed by atoms with Gasteiger partial charge >= 0.3 is 5.97 Å². The molecule has 3 unspecified atom stereocenters. The summed E-state index contributed by atoms with van der Waals surface area (Å²) in [6, 6.07) is 0.345. The summed E-state index contributed by atoms with van der Waals surface area (Å²) in [7, 11) is -2.97. The predicted molar refractivity (Wildman–Crippen MR) is 68.2 cm³/mol. The van der Waals surface area contributed by atoms with Crippen LogP contribution in [-0.4, -0.2) is 54.5 Å². The number of rotatable bonds is 6. The second-order valence-corrected chi connectivity index (χ2v) is 7.67. The molecule has 2 fully saturated rings. The molecule has 2 bridgehead atoms. The lowest BCUT2D eigenvalue weighted by Gasteiger charge is -2.22. The van der Waals surface area contributed by atoms with Crippen LogP contribution in [0, 0.1) is 5.92 Å². The zero-order valence-electron chi connectivity index (χ0n) is 10.7. The summed E-state index contributed by atoms with van der Waals surface area (Å²) in [5, 5.41) is 9.12. The van der Waals surface area contributed by atoms with E-state index in [1.807, 2.05) is 6.92 Å². The molecule has 6 heteroatoms. The number of hydrogen-bond donors (Lipinski definition) is 1. The normalized spacial score (nSPS) is 31.9. The molecule has 5 nitrogen and oxygen atoms in total. The van der Waals surface area contributed by atoms with E-state index in [1.54, 1.807) is 0 Å². The van der Waals surface area contributed by atoms with Crippen LogP contribution >= 0.6 is 0 Å². The summed E-state index contributed by atoms with van der Waals surface area (Å²) < 4.78 is 23.4. The molecule has 0 aromatic carbocycles. The first-order valence-corrected chi connectivity index (χ1v) is 8.45. The van der Waals surface area contributed by atoms with Crippen molar-refractivity contribution in [2.45, 2.75) is 44.7 Å². The van der Waals surface area contributed by atoms with E-state index < -0.39 is 15.8 Å². The van der Waals surface area contributed by atoms with Crippen molar-refractivity contribution < 1.29 is 18.3 Å². The number of carbonyl (C=O) groups is 1. The summed E-state index contributed by atoms with van der Waals surface area (Å²) in [5.41, 5.74) is 0. The molecule has 0 aromatic rings. The van der Waals surface area contributed by atoms with Crippen LogP contribution < -0.4 is 0 Å². The molecule has 0 amide bonds. The first-order chi connectivity index (χ1) is 8.44. The fraction of sp³-hybridized carbons (Fsp3) is 0.917. The Kier molecular flexibility index (Phi) is 3.96. The molecule has 0 spiro atoms. The Bertz CT molecular complexity index is 420. The quantitative estimate of drug-likeness (QED) is 0.774. The van der Waals surface area contributed by atoms with Gasteiger partial charge < -0.3 is 5.11 Å². The minimum Gasteiger partial charge on any atom is -0.481 e. The molecule has 0 aromatic heterocycles. The van der Waals surface area contributed by atoms with Crippen LogP contribution in [0.1, 0.15) is 32.6 Å². The summed E-state index contributed by atoms with van der Waals surface area (Å²) in [6.45, 7) is 2.36. The lowest BCUT2D eigenvalue weighted by molar-refractivity contribution is -0.142. The van der Waals surface area contributed by atoms with Gasteiger partial charge in [-0.15, -0.1) is 0 Å². The second kappa shape index (κ2) is 5.17. The van der Waals surface area contributed by atoms with Gasteiger partial charge in [-0.2, -0.15) is 0 Å². The van der Waals surface area contributed by atoms with Crippen LogP contribution in [0.25, 0.3) is 0 Å². The summed E-state index contributed by atoms with van der Waals surface area (Å²) >= 11 is 0. The van der Waals surface area contributed by atoms with Crippen LogP contribution in [-0.2, 0) is 14.6 Å². The van der Waals surface area contributed by atoms with Crippen LogP contribution in [0.5, 0.6) is 0 Å². The highest BCUT2D eigenvalue weighted by atomic mass is 32.2. The van der Waals surface area contributed by atoms with Gasteiger partial charge in [0.15, 0.2) is 9.84 Å². The van der Waals surface area contributed by atoms with E-state index in [1.165, 1.54) is 0 Å². The average molecular weight is 275 g/mol. The van der Waals surface area contributed by atoms with Crippen molar-refractivity contribution in [1.29, 1.82) is 0 Å². The standard InChI is InChI=1S/C12H21NO4S/c1-2-6-18(16,17)7-5-13-9-3-4-11(13)10(8-9)12(14)15/h9-11H,2-8H2,1H3,(H,14,15). The Morgan fingerprint density at radius 1 is 1.33 bits per heavy atom. The van der Waals surface area contributed by atoms with E-state index >= 15 is 0 Å². The van der Waals surface area contributed by atoms with Gasteiger partial charge in [0.2, 0.25) is 0 Å². The van der Waals surface area contributed by atoms with Gasteiger partial charge in [0.1, 0.15) is 0 Å². The highest BCUT2D eigenvalue weighted by Gasteiger charge is 2.49. The number of carboxylic acid groups (broad SMARTS) is 1. The Hall–Kier alpha value is -0.620.